The third-order valence-corrected chi connectivity index (χ3v) is 3.06. The molecule has 1 rings (SSSR count). The molecule has 0 saturated heterocycles. The Kier molecular flexibility index (Phi) is 6.53. The molecule has 88 valence electrons. The lowest BCUT2D eigenvalue weighted by Gasteiger charge is -2.29. The lowest BCUT2D eigenvalue weighted by molar-refractivity contribution is 0.0389. The Balaban J connectivity index is 2.09. The zero-order valence-corrected chi connectivity index (χ0v) is 11.2. The minimum Gasteiger partial charge on any atom is -0.373 e. The van der Waals surface area contributed by atoms with Gasteiger partial charge in [-0.25, -0.2) is 0 Å². The lowest BCUT2D eigenvalue weighted by Crippen LogP contribution is -2.35. The maximum atomic E-state index is 5.72. The van der Waals surface area contributed by atoms with Crippen molar-refractivity contribution in [3.8, 4) is 0 Å². The van der Waals surface area contributed by atoms with Gasteiger partial charge in [-0.05, 0) is 38.6 Å². The molecule has 0 heterocycles. The molecular formula is C12H22BrNO. The summed E-state index contributed by atoms with van der Waals surface area (Å²) in [5.74, 6) is 0. The standard InChI is InChI=1S/C12H22BrNO/c1-3-8-14-11-4-6-12(7-5-11)15-9-10(2)13/h11-12,14H,2-9H2,1H3. The molecule has 3 heteroatoms. The number of ether oxygens (including phenoxy) is 1. The summed E-state index contributed by atoms with van der Waals surface area (Å²) in [7, 11) is 0. The van der Waals surface area contributed by atoms with Gasteiger partial charge in [-0.1, -0.05) is 29.4 Å². The van der Waals surface area contributed by atoms with Crippen LogP contribution in [-0.4, -0.2) is 25.3 Å². The second-order valence-electron chi connectivity index (χ2n) is 4.26. The molecule has 0 bridgehead atoms. The predicted molar refractivity (Wildman–Crippen MR) is 68.4 cm³/mol. The van der Waals surface area contributed by atoms with Gasteiger partial charge in [-0.2, -0.15) is 0 Å². The third-order valence-electron chi connectivity index (χ3n) is 2.83. The van der Waals surface area contributed by atoms with Gasteiger partial charge in [-0.3, -0.25) is 0 Å². The summed E-state index contributed by atoms with van der Waals surface area (Å²) in [5.41, 5.74) is 0. The molecule has 1 saturated carbocycles. The van der Waals surface area contributed by atoms with Crippen LogP contribution in [0.2, 0.25) is 0 Å². The Labute approximate surface area is 102 Å². The van der Waals surface area contributed by atoms with Crippen LogP contribution in [0, 0.1) is 0 Å². The highest BCUT2D eigenvalue weighted by atomic mass is 79.9. The SMILES string of the molecule is C=C(Br)COC1CCC(NCCC)CC1. The highest BCUT2D eigenvalue weighted by Gasteiger charge is 2.20. The number of hydrogen-bond donors (Lipinski definition) is 1. The molecule has 0 spiro atoms. The van der Waals surface area contributed by atoms with E-state index in [1.165, 1.54) is 32.1 Å². The van der Waals surface area contributed by atoms with Gasteiger partial charge in [0.15, 0.2) is 0 Å². The fourth-order valence-corrected chi connectivity index (χ4v) is 2.12. The zero-order chi connectivity index (χ0) is 11.1. The lowest BCUT2D eigenvalue weighted by atomic mass is 9.93. The van der Waals surface area contributed by atoms with Crippen LogP contribution < -0.4 is 5.32 Å². The molecule has 1 aliphatic carbocycles. The molecule has 0 aliphatic heterocycles. The molecule has 0 atom stereocenters. The number of hydrogen-bond acceptors (Lipinski definition) is 2. The first-order chi connectivity index (χ1) is 7.22. The summed E-state index contributed by atoms with van der Waals surface area (Å²) in [4.78, 5) is 0. The molecule has 0 amide bonds. The molecule has 0 unspecified atom stereocenters. The molecule has 1 fully saturated rings. The van der Waals surface area contributed by atoms with Crippen molar-refractivity contribution in [1.29, 1.82) is 0 Å². The van der Waals surface area contributed by atoms with Crippen molar-refractivity contribution in [2.45, 2.75) is 51.2 Å². The molecule has 1 aliphatic rings. The van der Waals surface area contributed by atoms with Gasteiger partial charge in [0.25, 0.3) is 0 Å². The number of nitrogens with one attached hydrogen (secondary N) is 1. The van der Waals surface area contributed by atoms with Crippen LogP contribution in [0.4, 0.5) is 0 Å². The van der Waals surface area contributed by atoms with E-state index in [1.54, 1.807) is 0 Å². The zero-order valence-electron chi connectivity index (χ0n) is 9.60. The van der Waals surface area contributed by atoms with Crippen molar-refractivity contribution in [3.63, 3.8) is 0 Å². The van der Waals surface area contributed by atoms with Gasteiger partial charge in [0.1, 0.15) is 0 Å². The topological polar surface area (TPSA) is 21.3 Å². The Bertz CT molecular complexity index is 188. The molecule has 0 aromatic rings. The van der Waals surface area contributed by atoms with E-state index in [0.29, 0.717) is 12.7 Å². The van der Waals surface area contributed by atoms with Crippen molar-refractivity contribution in [3.05, 3.63) is 11.1 Å². The van der Waals surface area contributed by atoms with E-state index in [1.807, 2.05) is 0 Å². The second-order valence-corrected chi connectivity index (χ2v) is 5.38. The molecule has 0 aromatic carbocycles. The van der Waals surface area contributed by atoms with Gasteiger partial charge in [0.2, 0.25) is 0 Å². The van der Waals surface area contributed by atoms with Gasteiger partial charge in [-0.15, -0.1) is 0 Å². The smallest absolute Gasteiger partial charge is 0.0779 e. The first-order valence-electron chi connectivity index (χ1n) is 5.90. The molecule has 0 radical (unpaired) electrons. The predicted octanol–water partition coefficient (Wildman–Crippen LogP) is 3.22. The maximum absolute atomic E-state index is 5.72. The van der Waals surface area contributed by atoms with E-state index in [4.69, 9.17) is 4.74 Å². The Morgan fingerprint density at radius 1 is 1.40 bits per heavy atom. The number of rotatable bonds is 6. The van der Waals surface area contributed by atoms with E-state index in [0.717, 1.165) is 17.1 Å². The summed E-state index contributed by atoms with van der Waals surface area (Å²) in [6.07, 6.45) is 6.53. The van der Waals surface area contributed by atoms with Gasteiger partial charge in [0.05, 0.1) is 12.7 Å². The van der Waals surface area contributed by atoms with Crippen molar-refractivity contribution in [2.75, 3.05) is 13.2 Å². The first kappa shape index (κ1) is 13.2. The molecular weight excluding hydrogens is 254 g/mol. The van der Waals surface area contributed by atoms with Crippen molar-refractivity contribution >= 4 is 15.9 Å². The van der Waals surface area contributed by atoms with E-state index < -0.39 is 0 Å². The highest BCUT2D eigenvalue weighted by molar-refractivity contribution is 9.11. The number of halogens is 1. The third kappa shape index (κ3) is 5.69. The molecule has 1 N–H and O–H groups in total. The largest absolute Gasteiger partial charge is 0.373 e. The fourth-order valence-electron chi connectivity index (χ4n) is 1.99. The maximum Gasteiger partial charge on any atom is 0.0779 e. The van der Waals surface area contributed by atoms with E-state index >= 15 is 0 Å². The highest BCUT2D eigenvalue weighted by Crippen LogP contribution is 2.22. The van der Waals surface area contributed by atoms with E-state index in [2.05, 4.69) is 34.7 Å². The van der Waals surface area contributed by atoms with Crippen molar-refractivity contribution in [1.82, 2.24) is 5.32 Å². The molecule has 0 aromatic heterocycles. The van der Waals surface area contributed by atoms with Crippen LogP contribution in [-0.2, 0) is 4.74 Å². The minimum absolute atomic E-state index is 0.443. The summed E-state index contributed by atoms with van der Waals surface area (Å²) in [6, 6.07) is 0.719. The van der Waals surface area contributed by atoms with Crippen LogP contribution >= 0.6 is 15.9 Å². The van der Waals surface area contributed by atoms with Gasteiger partial charge >= 0.3 is 0 Å². The summed E-state index contributed by atoms with van der Waals surface area (Å²) < 4.78 is 6.66. The second kappa shape index (κ2) is 7.42. The van der Waals surface area contributed by atoms with Crippen molar-refractivity contribution in [2.24, 2.45) is 0 Å². The summed E-state index contributed by atoms with van der Waals surface area (Å²) in [6.45, 7) is 7.78. The summed E-state index contributed by atoms with van der Waals surface area (Å²) >= 11 is 3.32. The van der Waals surface area contributed by atoms with Crippen LogP contribution in [0.1, 0.15) is 39.0 Å². The van der Waals surface area contributed by atoms with Crippen molar-refractivity contribution < 1.29 is 4.74 Å². The van der Waals surface area contributed by atoms with Crippen LogP contribution in [0.5, 0.6) is 0 Å². The average molecular weight is 276 g/mol. The Morgan fingerprint density at radius 2 is 2.07 bits per heavy atom. The van der Waals surface area contributed by atoms with E-state index in [9.17, 15) is 0 Å². The van der Waals surface area contributed by atoms with Crippen LogP contribution in [0.15, 0.2) is 11.1 Å². The van der Waals surface area contributed by atoms with Crippen LogP contribution in [0.3, 0.4) is 0 Å². The minimum atomic E-state index is 0.443. The monoisotopic (exact) mass is 275 g/mol. The molecule has 2 nitrogen and oxygen atoms in total. The van der Waals surface area contributed by atoms with E-state index in [-0.39, 0.29) is 0 Å². The molecule has 15 heavy (non-hydrogen) atoms. The first-order valence-corrected chi connectivity index (χ1v) is 6.70. The van der Waals surface area contributed by atoms with Crippen LogP contribution in [0.25, 0.3) is 0 Å². The normalized spacial score (nSPS) is 26.5. The average Bonchev–Trinajstić information content (AvgIpc) is 2.25. The van der Waals surface area contributed by atoms with Gasteiger partial charge in [0, 0.05) is 10.5 Å². The Hall–Kier alpha value is 0.140. The summed E-state index contributed by atoms with van der Waals surface area (Å²) in [5, 5.41) is 3.57. The van der Waals surface area contributed by atoms with Gasteiger partial charge < -0.3 is 10.1 Å². The quantitative estimate of drug-likeness (QED) is 0.804. The Morgan fingerprint density at radius 3 is 2.60 bits per heavy atom. The fraction of sp³-hybridized carbons (Fsp3) is 0.833.